The van der Waals surface area contributed by atoms with Crippen LogP contribution in [0.2, 0.25) is 0 Å². The van der Waals surface area contributed by atoms with E-state index in [0.29, 0.717) is 23.6 Å². The summed E-state index contributed by atoms with van der Waals surface area (Å²) in [5, 5.41) is 0.835. The van der Waals surface area contributed by atoms with E-state index < -0.39 is 11.6 Å². The lowest BCUT2D eigenvalue weighted by molar-refractivity contribution is 0.00763. The van der Waals surface area contributed by atoms with Crippen LogP contribution in [0.4, 0.5) is 5.69 Å². The summed E-state index contributed by atoms with van der Waals surface area (Å²) in [6.07, 6.45) is 0.629. The summed E-state index contributed by atoms with van der Waals surface area (Å²) in [6.45, 7) is 10.9. The number of carbonyl (C=O) groups excluding carboxylic acids is 1. The zero-order valence-electron chi connectivity index (χ0n) is 16.7. The number of nitrogens with two attached hydrogens (primary N) is 1. The number of likely N-dealkylation sites (N-methyl/N-ethyl adjacent to an activating group) is 1. The van der Waals surface area contributed by atoms with E-state index in [9.17, 15) is 4.79 Å². The number of esters is 1. The van der Waals surface area contributed by atoms with Crippen LogP contribution >= 0.6 is 11.3 Å². The number of hydrogen-bond acceptors (Lipinski definition) is 7. The van der Waals surface area contributed by atoms with Crippen molar-refractivity contribution < 1.29 is 14.3 Å². The summed E-state index contributed by atoms with van der Waals surface area (Å²) in [7, 11) is 4.02. The van der Waals surface area contributed by atoms with Gasteiger partial charge in [0.1, 0.15) is 27.5 Å². The Hall–Kier alpha value is -1.86. The summed E-state index contributed by atoms with van der Waals surface area (Å²) < 4.78 is 12.1. The second-order valence-corrected chi connectivity index (χ2v) is 8.76. The van der Waals surface area contributed by atoms with Gasteiger partial charge in [-0.1, -0.05) is 5.57 Å². The molecule has 0 atom stereocenters. The predicted octanol–water partition coefficient (Wildman–Crippen LogP) is 2.29. The number of ether oxygens (including phenoxy) is 2. The van der Waals surface area contributed by atoms with Gasteiger partial charge in [0, 0.05) is 18.2 Å². The van der Waals surface area contributed by atoms with Crippen molar-refractivity contribution in [3.05, 3.63) is 26.2 Å². The van der Waals surface area contributed by atoms with Crippen LogP contribution in [0.1, 0.15) is 50.7 Å². The number of carbonyl (C=O) groups is 1. The molecule has 0 unspecified atom stereocenters. The SMILES string of the molecule is CC1=C(OCCN(C)C)CC(C)=c2c(N)c(C(=O)OC(C)(C)C)sc2=N1. The molecule has 2 rings (SSSR count). The fourth-order valence-corrected chi connectivity index (χ4v) is 3.68. The molecule has 1 aliphatic rings. The standard InChI is InChI=1S/C19H29N3O3S/c1-11-10-13(24-9-8-22(6)7)12(2)21-17-14(11)15(20)16(26-17)18(23)25-19(3,4)5/h8-10,20H2,1-7H3. The number of anilines is 1. The fraction of sp³-hybridized carbons (Fsp3) is 0.579. The van der Waals surface area contributed by atoms with Crippen LogP contribution < -0.4 is 15.6 Å². The van der Waals surface area contributed by atoms with E-state index in [0.717, 1.165) is 33.5 Å². The van der Waals surface area contributed by atoms with Crippen molar-refractivity contribution in [1.29, 1.82) is 0 Å². The predicted molar refractivity (Wildman–Crippen MR) is 106 cm³/mol. The van der Waals surface area contributed by atoms with Crippen molar-refractivity contribution in [3.8, 4) is 0 Å². The summed E-state index contributed by atoms with van der Waals surface area (Å²) in [6, 6.07) is 0. The van der Waals surface area contributed by atoms with Gasteiger partial charge in [0.2, 0.25) is 0 Å². The van der Waals surface area contributed by atoms with E-state index >= 15 is 0 Å². The first-order chi connectivity index (χ1) is 12.0. The smallest absolute Gasteiger partial charge is 0.351 e. The topological polar surface area (TPSA) is 77.2 Å². The minimum Gasteiger partial charge on any atom is -0.494 e. The summed E-state index contributed by atoms with van der Waals surface area (Å²) in [5.74, 6) is 0.450. The molecule has 0 aliphatic carbocycles. The molecule has 1 aliphatic heterocycles. The van der Waals surface area contributed by atoms with Gasteiger partial charge in [-0.15, -0.1) is 11.3 Å². The molecular formula is C19H29N3O3S. The van der Waals surface area contributed by atoms with Crippen LogP contribution in [0, 0.1) is 0 Å². The zero-order valence-corrected chi connectivity index (χ0v) is 17.5. The fourth-order valence-electron chi connectivity index (χ4n) is 2.58. The monoisotopic (exact) mass is 379 g/mol. The molecule has 144 valence electrons. The molecule has 0 fully saturated rings. The van der Waals surface area contributed by atoms with Gasteiger partial charge in [0.15, 0.2) is 0 Å². The highest BCUT2D eigenvalue weighted by Crippen LogP contribution is 2.23. The molecule has 0 amide bonds. The number of fused-ring (bicyclic) bond motifs is 1. The lowest BCUT2D eigenvalue weighted by Crippen LogP contribution is -2.25. The summed E-state index contributed by atoms with van der Waals surface area (Å²) in [4.78, 5) is 19.6. The van der Waals surface area contributed by atoms with Gasteiger partial charge >= 0.3 is 5.97 Å². The lowest BCUT2D eigenvalue weighted by atomic mass is 10.1. The number of rotatable bonds is 5. The Morgan fingerprint density at radius 2 is 1.96 bits per heavy atom. The minimum atomic E-state index is -0.565. The Balaban J connectivity index is 2.40. The van der Waals surface area contributed by atoms with Crippen molar-refractivity contribution in [2.45, 2.75) is 46.6 Å². The molecule has 2 N–H and O–H groups in total. The van der Waals surface area contributed by atoms with Crippen LogP contribution in [0.15, 0.2) is 16.4 Å². The highest BCUT2D eigenvalue weighted by Gasteiger charge is 2.24. The number of thiophene rings is 1. The van der Waals surface area contributed by atoms with Gasteiger partial charge in [-0.2, -0.15) is 0 Å². The number of hydrogen-bond donors (Lipinski definition) is 1. The Morgan fingerprint density at radius 3 is 2.54 bits per heavy atom. The molecule has 7 heteroatoms. The summed E-state index contributed by atoms with van der Waals surface area (Å²) in [5.41, 5.74) is 8.04. The van der Waals surface area contributed by atoms with Crippen molar-refractivity contribution in [2.75, 3.05) is 33.0 Å². The Kier molecular flexibility index (Phi) is 6.13. The molecule has 1 aromatic heterocycles. The van der Waals surface area contributed by atoms with Gasteiger partial charge in [-0.25, -0.2) is 9.79 Å². The van der Waals surface area contributed by atoms with E-state index in [1.165, 1.54) is 11.3 Å². The maximum Gasteiger partial charge on any atom is 0.351 e. The molecule has 0 aromatic carbocycles. The zero-order chi connectivity index (χ0) is 19.6. The number of nitrogen functional groups attached to an aromatic ring is 1. The highest BCUT2D eigenvalue weighted by molar-refractivity contribution is 7.12. The third-order valence-corrected chi connectivity index (χ3v) is 4.93. The first kappa shape index (κ1) is 20.5. The molecule has 0 bridgehead atoms. The van der Waals surface area contributed by atoms with Crippen LogP contribution in [0.25, 0.3) is 5.57 Å². The van der Waals surface area contributed by atoms with E-state index in [4.69, 9.17) is 15.2 Å². The number of nitrogens with zero attached hydrogens (tertiary/aromatic N) is 2. The van der Waals surface area contributed by atoms with Crippen molar-refractivity contribution in [2.24, 2.45) is 4.99 Å². The normalized spacial score (nSPS) is 14.8. The molecule has 0 spiro atoms. The maximum absolute atomic E-state index is 12.5. The minimum absolute atomic E-state index is 0.403. The van der Waals surface area contributed by atoms with Crippen LogP contribution in [0.3, 0.4) is 0 Å². The second-order valence-electron chi connectivity index (χ2n) is 7.76. The van der Waals surface area contributed by atoms with Gasteiger partial charge in [-0.05, 0) is 48.7 Å². The molecule has 0 radical (unpaired) electrons. The average Bonchev–Trinajstić information content (AvgIpc) is 2.74. The number of allylic oxidation sites excluding steroid dienone is 2. The summed E-state index contributed by atoms with van der Waals surface area (Å²) >= 11 is 1.28. The molecule has 0 saturated carbocycles. The largest absolute Gasteiger partial charge is 0.494 e. The third-order valence-electron chi connectivity index (χ3n) is 3.85. The van der Waals surface area contributed by atoms with E-state index in [2.05, 4.69) is 9.89 Å². The average molecular weight is 380 g/mol. The molecule has 2 heterocycles. The van der Waals surface area contributed by atoms with Gasteiger partial charge < -0.3 is 20.1 Å². The highest BCUT2D eigenvalue weighted by atomic mass is 32.1. The molecular weight excluding hydrogens is 350 g/mol. The van der Waals surface area contributed by atoms with E-state index in [-0.39, 0.29) is 0 Å². The Bertz CT molecular complexity index is 845. The van der Waals surface area contributed by atoms with Crippen molar-refractivity contribution in [3.63, 3.8) is 0 Å². The first-order valence-electron chi connectivity index (χ1n) is 8.67. The quantitative estimate of drug-likeness (QED) is 0.794. The second kappa shape index (κ2) is 7.80. The Labute approximate surface area is 159 Å². The van der Waals surface area contributed by atoms with Crippen LogP contribution in [-0.4, -0.2) is 43.7 Å². The van der Waals surface area contributed by atoms with Crippen LogP contribution in [0.5, 0.6) is 0 Å². The van der Waals surface area contributed by atoms with Gasteiger partial charge in [0.05, 0.1) is 11.4 Å². The maximum atomic E-state index is 12.5. The van der Waals surface area contributed by atoms with Crippen molar-refractivity contribution >= 4 is 28.6 Å². The molecule has 6 nitrogen and oxygen atoms in total. The molecule has 0 saturated heterocycles. The van der Waals surface area contributed by atoms with Gasteiger partial charge in [-0.3, -0.25) is 0 Å². The van der Waals surface area contributed by atoms with E-state index in [1.807, 2.05) is 48.7 Å². The molecule has 26 heavy (non-hydrogen) atoms. The van der Waals surface area contributed by atoms with Gasteiger partial charge in [0.25, 0.3) is 0 Å². The molecule has 1 aromatic rings. The van der Waals surface area contributed by atoms with Crippen molar-refractivity contribution in [1.82, 2.24) is 4.90 Å². The van der Waals surface area contributed by atoms with E-state index in [1.54, 1.807) is 0 Å². The third kappa shape index (κ3) is 4.86. The first-order valence-corrected chi connectivity index (χ1v) is 9.48. The Morgan fingerprint density at radius 1 is 1.31 bits per heavy atom. The van der Waals surface area contributed by atoms with Crippen LogP contribution in [-0.2, 0) is 9.47 Å². The lowest BCUT2D eigenvalue weighted by Gasteiger charge is -2.19.